The zero-order chi connectivity index (χ0) is 23.2. The summed E-state index contributed by atoms with van der Waals surface area (Å²) in [6, 6.07) is 6.65. The molecule has 1 atom stereocenters. The van der Waals surface area contributed by atoms with Crippen LogP contribution in [0.1, 0.15) is 60.5 Å². The molecule has 1 fully saturated rings. The molecule has 1 unspecified atom stereocenters. The summed E-state index contributed by atoms with van der Waals surface area (Å²) in [5.74, 6) is -0.273. The molecule has 8 heteroatoms. The van der Waals surface area contributed by atoms with Gasteiger partial charge in [0, 0.05) is 36.3 Å². The lowest BCUT2D eigenvalue weighted by molar-refractivity contribution is 0.0698. The molecule has 0 amide bonds. The Hall–Kier alpha value is -2.87. The van der Waals surface area contributed by atoms with E-state index in [1.54, 1.807) is 29.8 Å². The summed E-state index contributed by atoms with van der Waals surface area (Å²) in [4.78, 5) is 33.0. The monoisotopic (exact) mass is 454 g/mol. The predicted octanol–water partition coefficient (Wildman–Crippen LogP) is 4.80. The first-order valence-corrected chi connectivity index (χ1v) is 11.7. The highest BCUT2D eigenvalue weighted by molar-refractivity contribution is 7.19. The maximum Gasteiger partial charge on any atom is 0.337 e. The highest BCUT2D eigenvalue weighted by Crippen LogP contribution is 2.36. The van der Waals surface area contributed by atoms with Crippen LogP contribution in [0.2, 0.25) is 0 Å². The summed E-state index contributed by atoms with van der Waals surface area (Å²) in [6.07, 6.45) is 2.11. The first-order valence-electron chi connectivity index (χ1n) is 10.9. The van der Waals surface area contributed by atoms with Gasteiger partial charge in [-0.05, 0) is 44.2 Å². The molecular formula is C24H30N4O3S. The van der Waals surface area contributed by atoms with E-state index in [2.05, 4.69) is 24.1 Å². The topological polar surface area (TPSA) is 87.5 Å². The first kappa shape index (κ1) is 22.3. The first-order chi connectivity index (χ1) is 15.1. The number of carbonyl (C=O) groups is 1. The van der Waals surface area contributed by atoms with Crippen LogP contribution in [0.25, 0.3) is 10.2 Å². The van der Waals surface area contributed by atoms with Crippen molar-refractivity contribution in [1.82, 2.24) is 9.55 Å². The van der Waals surface area contributed by atoms with Gasteiger partial charge in [0.1, 0.15) is 4.70 Å². The summed E-state index contributed by atoms with van der Waals surface area (Å²) >= 11 is 1.45. The van der Waals surface area contributed by atoms with E-state index in [1.807, 2.05) is 19.9 Å². The molecule has 3 heterocycles. The molecule has 1 saturated heterocycles. The third-order valence-electron chi connectivity index (χ3n) is 6.48. The van der Waals surface area contributed by atoms with Crippen LogP contribution in [0.15, 0.2) is 29.1 Å². The van der Waals surface area contributed by atoms with Crippen molar-refractivity contribution in [2.45, 2.75) is 46.6 Å². The number of aromatic carboxylic acids is 1. The number of hydrogen-bond acceptors (Lipinski definition) is 6. The minimum atomic E-state index is -0.977. The smallest absolute Gasteiger partial charge is 0.337 e. The standard InChI is InChI=1S/C24H30N4O3S/c1-14(25-17-9-7-6-8-16(17)22(30)31)18-15(2)32-20-19(18)26-23(27(5)21(20)29)28-12-10-24(3,4)11-13-28/h6-9,14,25H,10-13H2,1-5H3,(H,30,31). The summed E-state index contributed by atoms with van der Waals surface area (Å²) < 4.78 is 2.30. The van der Waals surface area contributed by atoms with Crippen LogP contribution in [0.5, 0.6) is 0 Å². The Morgan fingerprint density at radius 2 is 1.91 bits per heavy atom. The fourth-order valence-corrected chi connectivity index (χ4v) is 5.59. The third-order valence-corrected chi connectivity index (χ3v) is 7.58. The van der Waals surface area contributed by atoms with Crippen molar-refractivity contribution < 1.29 is 9.90 Å². The number of thiophene rings is 1. The number of aryl methyl sites for hydroxylation is 1. The molecule has 0 radical (unpaired) electrons. The van der Waals surface area contributed by atoms with Gasteiger partial charge in [-0.3, -0.25) is 9.36 Å². The van der Waals surface area contributed by atoms with Gasteiger partial charge in [0.2, 0.25) is 5.95 Å². The number of piperidine rings is 1. The molecule has 1 aliphatic rings. The molecule has 2 N–H and O–H groups in total. The molecule has 3 aromatic rings. The molecule has 7 nitrogen and oxygen atoms in total. The van der Waals surface area contributed by atoms with Crippen LogP contribution in [0.3, 0.4) is 0 Å². The second-order valence-electron chi connectivity index (χ2n) is 9.39. The number of nitrogens with one attached hydrogen (secondary N) is 1. The lowest BCUT2D eigenvalue weighted by Crippen LogP contribution is -2.40. The number of carboxylic acid groups (broad SMARTS) is 1. The van der Waals surface area contributed by atoms with Crippen molar-refractivity contribution in [3.05, 3.63) is 50.6 Å². The van der Waals surface area contributed by atoms with E-state index in [1.165, 1.54) is 11.3 Å². The number of carboxylic acids is 1. The second kappa shape index (κ2) is 8.24. The van der Waals surface area contributed by atoms with E-state index in [-0.39, 0.29) is 17.2 Å². The van der Waals surface area contributed by atoms with Crippen molar-refractivity contribution in [3.63, 3.8) is 0 Å². The van der Waals surface area contributed by atoms with Gasteiger partial charge in [0.15, 0.2) is 0 Å². The van der Waals surface area contributed by atoms with Crippen LogP contribution in [-0.4, -0.2) is 33.7 Å². The van der Waals surface area contributed by atoms with Gasteiger partial charge in [0.05, 0.1) is 17.1 Å². The Balaban J connectivity index is 1.76. The number of hydrogen-bond donors (Lipinski definition) is 2. The zero-order valence-electron chi connectivity index (χ0n) is 19.2. The minimum Gasteiger partial charge on any atom is -0.478 e. The molecule has 0 saturated carbocycles. The quantitative estimate of drug-likeness (QED) is 0.576. The maximum absolute atomic E-state index is 13.2. The maximum atomic E-state index is 13.2. The largest absolute Gasteiger partial charge is 0.478 e. The summed E-state index contributed by atoms with van der Waals surface area (Å²) in [5, 5.41) is 12.9. The zero-order valence-corrected chi connectivity index (χ0v) is 20.0. The van der Waals surface area contributed by atoms with Crippen molar-refractivity contribution in [2.24, 2.45) is 12.5 Å². The van der Waals surface area contributed by atoms with Crippen LogP contribution in [0, 0.1) is 12.3 Å². The molecule has 0 bridgehead atoms. The minimum absolute atomic E-state index is 0.0349. The predicted molar refractivity (Wildman–Crippen MR) is 130 cm³/mol. The number of fused-ring (bicyclic) bond motifs is 1. The van der Waals surface area contributed by atoms with Gasteiger partial charge in [-0.2, -0.15) is 0 Å². The number of benzene rings is 1. The fourth-order valence-electron chi connectivity index (χ4n) is 4.43. The van der Waals surface area contributed by atoms with Crippen molar-refractivity contribution in [1.29, 1.82) is 0 Å². The molecular weight excluding hydrogens is 424 g/mol. The molecule has 170 valence electrons. The molecule has 0 spiro atoms. The molecule has 1 aliphatic heterocycles. The Labute approximate surface area is 191 Å². The van der Waals surface area contributed by atoms with Crippen LogP contribution < -0.4 is 15.8 Å². The van der Waals surface area contributed by atoms with Gasteiger partial charge in [-0.25, -0.2) is 9.78 Å². The molecule has 32 heavy (non-hydrogen) atoms. The molecule has 0 aliphatic carbocycles. The summed E-state index contributed by atoms with van der Waals surface area (Å²) in [6.45, 7) is 10.3. The molecule has 4 rings (SSSR count). The third kappa shape index (κ3) is 3.99. The Kier molecular flexibility index (Phi) is 5.75. The van der Waals surface area contributed by atoms with Crippen LogP contribution in [0.4, 0.5) is 11.6 Å². The Bertz CT molecular complexity index is 1230. The fraction of sp³-hybridized carbons (Fsp3) is 0.458. The Morgan fingerprint density at radius 1 is 1.25 bits per heavy atom. The number of aromatic nitrogens is 2. The van der Waals surface area contributed by atoms with Crippen LogP contribution >= 0.6 is 11.3 Å². The van der Waals surface area contributed by atoms with Gasteiger partial charge in [0.25, 0.3) is 5.56 Å². The number of anilines is 2. The van der Waals surface area contributed by atoms with E-state index < -0.39 is 5.97 Å². The van der Waals surface area contributed by atoms with Gasteiger partial charge < -0.3 is 15.3 Å². The molecule has 2 aromatic heterocycles. The SMILES string of the molecule is Cc1sc2c(=O)n(C)c(N3CCC(C)(C)CC3)nc2c1C(C)Nc1ccccc1C(=O)O. The van der Waals surface area contributed by atoms with E-state index in [0.717, 1.165) is 36.4 Å². The molecule has 1 aromatic carbocycles. The number of para-hydroxylation sites is 1. The van der Waals surface area contributed by atoms with Gasteiger partial charge in [-0.15, -0.1) is 11.3 Å². The average molecular weight is 455 g/mol. The van der Waals surface area contributed by atoms with Gasteiger partial charge >= 0.3 is 5.97 Å². The van der Waals surface area contributed by atoms with Gasteiger partial charge in [-0.1, -0.05) is 26.0 Å². The van der Waals surface area contributed by atoms with E-state index in [4.69, 9.17) is 4.98 Å². The lowest BCUT2D eigenvalue weighted by Gasteiger charge is -2.37. The van der Waals surface area contributed by atoms with E-state index in [9.17, 15) is 14.7 Å². The highest BCUT2D eigenvalue weighted by Gasteiger charge is 2.29. The number of nitrogens with zero attached hydrogens (tertiary/aromatic N) is 3. The lowest BCUT2D eigenvalue weighted by atomic mass is 9.83. The summed E-state index contributed by atoms with van der Waals surface area (Å²) in [7, 11) is 1.80. The summed E-state index contributed by atoms with van der Waals surface area (Å²) in [5.41, 5.74) is 2.70. The van der Waals surface area contributed by atoms with E-state index >= 15 is 0 Å². The average Bonchev–Trinajstić information content (AvgIpc) is 3.07. The van der Waals surface area contributed by atoms with Crippen LogP contribution in [-0.2, 0) is 7.05 Å². The van der Waals surface area contributed by atoms with E-state index in [0.29, 0.717) is 27.3 Å². The second-order valence-corrected chi connectivity index (χ2v) is 10.6. The van der Waals surface area contributed by atoms with Crippen molar-refractivity contribution >= 4 is 39.2 Å². The normalized spacial score (nSPS) is 16.8. The number of rotatable bonds is 5. The van der Waals surface area contributed by atoms with Crippen molar-refractivity contribution in [2.75, 3.05) is 23.3 Å². The Morgan fingerprint density at radius 3 is 2.56 bits per heavy atom. The highest BCUT2D eigenvalue weighted by atomic mass is 32.1. The van der Waals surface area contributed by atoms with Crippen molar-refractivity contribution in [3.8, 4) is 0 Å².